The van der Waals surface area contributed by atoms with E-state index in [0.717, 1.165) is 5.56 Å². The number of nitrogens with zero attached hydrogens (tertiary/aromatic N) is 1. The zero-order valence-electron chi connectivity index (χ0n) is 18.8. The number of Topliss-reactive ketones (excluding diaryl/α,β-unsaturated/α-hetero) is 2. The Kier molecular flexibility index (Phi) is 8.34. The molecule has 1 aliphatic heterocycles. The molecule has 9 heteroatoms. The van der Waals surface area contributed by atoms with Gasteiger partial charge in [-0.3, -0.25) is 14.4 Å². The first-order valence-corrected chi connectivity index (χ1v) is 11.1. The number of aryl methyl sites for hydroxylation is 1. The van der Waals surface area contributed by atoms with Gasteiger partial charge in [0.25, 0.3) is 5.91 Å². The number of carbonyl (C=O) groups excluding carboxylic acids is 4. The van der Waals surface area contributed by atoms with E-state index in [4.69, 9.17) is 9.26 Å². The molecule has 1 aromatic carbocycles. The SMILES string of the molecule is CC(C)C(NC(=O)OCc1ccccc1)C(=O)CC1Cc2cnoc2CCCNC(=O)C1=O. The number of aromatic nitrogens is 1. The van der Waals surface area contributed by atoms with E-state index in [9.17, 15) is 19.2 Å². The zero-order chi connectivity index (χ0) is 23.8. The predicted molar refractivity (Wildman–Crippen MR) is 118 cm³/mol. The topological polar surface area (TPSA) is 128 Å². The number of benzene rings is 1. The first kappa shape index (κ1) is 24.2. The highest BCUT2D eigenvalue weighted by molar-refractivity contribution is 6.37. The highest BCUT2D eigenvalue weighted by Crippen LogP contribution is 2.21. The van der Waals surface area contributed by atoms with E-state index >= 15 is 0 Å². The molecular weight excluding hydrogens is 426 g/mol. The second kappa shape index (κ2) is 11.4. The molecule has 0 bridgehead atoms. The van der Waals surface area contributed by atoms with Crippen molar-refractivity contribution in [1.82, 2.24) is 15.8 Å². The second-order valence-corrected chi connectivity index (χ2v) is 8.50. The fraction of sp³-hybridized carbons (Fsp3) is 0.458. The molecule has 0 radical (unpaired) electrons. The van der Waals surface area contributed by atoms with Crippen LogP contribution in [0.2, 0.25) is 0 Å². The Balaban J connectivity index is 1.67. The van der Waals surface area contributed by atoms with Crippen molar-refractivity contribution in [3.8, 4) is 0 Å². The van der Waals surface area contributed by atoms with E-state index in [-0.39, 0.29) is 31.1 Å². The van der Waals surface area contributed by atoms with Crippen LogP contribution >= 0.6 is 0 Å². The quantitative estimate of drug-likeness (QED) is 0.614. The Morgan fingerprint density at radius 1 is 1.24 bits per heavy atom. The van der Waals surface area contributed by atoms with Crippen LogP contribution in [-0.4, -0.2) is 41.3 Å². The Labute approximate surface area is 192 Å². The van der Waals surface area contributed by atoms with Crippen molar-refractivity contribution in [1.29, 1.82) is 0 Å². The predicted octanol–water partition coefficient (Wildman–Crippen LogP) is 2.38. The van der Waals surface area contributed by atoms with Crippen LogP contribution in [-0.2, 0) is 38.6 Å². The molecule has 176 valence electrons. The van der Waals surface area contributed by atoms with E-state index < -0.39 is 29.7 Å². The molecule has 2 unspecified atom stereocenters. The molecule has 2 amide bonds. The maximum absolute atomic E-state index is 13.1. The monoisotopic (exact) mass is 455 g/mol. The van der Waals surface area contributed by atoms with Crippen LogP contribution in [0.4, 0.5) is 4.79 Å². The van der Waals surface area contributed by atoms with Gasteiger partial charge in [0, 0.05) is 30.9 Å². The summed E-state index contributed by atoms with van der Waals surface area (Å²) in [6, 6.07) is 8.33. The van der Waals surface area contributed by atoms with Crippen LogP contribution in [0, 0.1) is 11.8 Å². The van der Waals surface area contributed by atoms with Crippen LogP contribution in [0.5, 0.6) is 0 Å². The summed E-state index contributed by atoms with van der Waals surface area (Å²) in [5.41, 5.74) is 1.54. The van der Waals surface area contributed by atoms with Gasteiger partial charge >= 0.3 is 6.09 Å². The average molecular weight is 456 g/mol. The number of rotatable bonds is 7. The lowest BCUT2D eigenvalue weighted by Crippen LogP contribution is -2.46. The van der Waals surface area contributed by atoms with Crippen molar-refractivity contribution >= 4 is 23.6 Å². The molecule has 9 nitrogen and oxygen atoms in total. The number of hydrogen-bond acceptors (Lipinski definition) is 7. The van der Waals surface area contributed by atoms with Crippen molar-refractivity contribution in [2.45, 2.75) is 52.2 Å². The lowest BCUT2D eigenvalue weighted by Gasteiger charge is -2.23. The van der Waals surface area contributed by atoms with Gasteiger partial charge in [0.15, 0.2) is 5.78 Å². The molecule has 0 aliphatic carbocycles. The fourth-order valence-electron chi connectivity index (χ4n) is 3.78. The normalized spacial score (nSPS) is 17.6. The third kappa shape index (κ3) is 6.74. The summed E-state index contributed by atoms with van der Waals surface area (Å²) in [5.74, 6) is -2.17. The van der Waals surface area contributed by atoms with Gasteiger partial charge in [-0.1, -0.05) is 49.3 Å². The number of ketones is 2. The van der Waals surface area contributed by atoms with E-state index in [1.807, 2.05) is 30.3 Å². The summed E-state index contributed by atoms with van der Waals surface area (Å²) >= 11 is 0. The smallest absolute Gasteiger partial charge is 0.408 e. The number of alkyl carbamates (subject to hydrolysis) is 1. The fourth-order valence-corrected chi connectivity index (χ4v) is 3.78. The average Bonchev–Trinajstić information content (AvgIpc) is 3.24. The molecule has 0 spiro atoms. The summed E-state index contributed by atoms with van der Waals surface area (Å²) in [4.78, 5) is 50.5. The first-order valence-electron chi connectivity index (χ1n) is 11.1. The largest absolute Gasteiger partial charge is 0.445 e. The molecule has 3 rings (SSSR count). The van der Waals surface area contributed by atoms with Gasteiger partial charge < -0.3 is 19.9 Å². The molecule has 2 aromatic rings. The Morgan fingerprint density at radius 3 is 2.73 bits per heavy atom. The molecule has 2 N–H and O–H groups in total. The van der Waals surface area contributed by atoms with Crippen molar-refractivity contribution in [2.75, 3.05) is 6.54 Å². The Morgan fingerprint density at radius 2 is 2.00 bits per heavy atom. The minimum atomic E-state index is -0.878. The first-order chi connectivity index (χ1) is 15.8. The molecule has 2 atom stereocenters. The van der Waals surface area contributed by atoms with Gasteiger partial charge in [-0.25, -0.2) is 4.79 Å². The maximum Gasteiger partial charge on any atom is 0.408 e. The second-order valence-electron chi connectivity index (χ2n) is 8.50. The third-order valence-electron chi connectivity index (χ3n) is 5.60. The molecule has 1 aliphatic rings. The molecule has 1 aromatic heterocycles. The number of carbonyl (C=O) groups is 4. The van der Waals surface area contributed by atoms with Crippen LogP contribution in [0.15, 0.2) is 41.1 Å². The van der Waals surface area contributed by atoms with Crippen LogP contribution in [0.25, 0.3) is 0 Å². The molecule has 0 saturated heterocycles. The molecule has 2 heterocycles. The van der Waals surface area contributed by atoms with E-state index in [1.54, 1.807) is 13.8 Å². The third-order valence-corrected chi connectivity index (χ3v) is 5.60. The minimum Gasteiger partial charge on any atom is -0.445 e. The number of fused-ring (bicyclic) bond motifs is 1. The van der Waals surface area contributed by atoms with E-state index in [1.165, 1.54) is 6.20 Å². The lowest BCUT2D eigenvalue weighted by molar-refractivity contribution is -0.141. The van der Waals surface area contributed by atoms with E-state index in [0.29, 0.717) is 30.7 Å². The zero-order valence-corrected chi connectivity index (χ0v) is 18.8. The Bertz CT molecular complexity index is 985. The lowest BCUT2D eigenvalue weighted by atomic mass is 9.86. The van der Waals surface area contributed by atoms with Gasteiger partial charge in [0.2, 0.25) is 5.78 Å². The van der Waals surface area contributed by atoms with Gasteiger partial charge in [0.1, 0.15) is 12.4 Å². The molecular formula is C24H29N3O6. The highest BCUT2D eigenvalue weighted by Gasteiger charge is 2.33. The summed E-state index contributed by atoms with van der Waals surface area (Å²) in [6.45, 7) is 3.98. The maximum atomic E-state index is 13.1. The van der Waals surface area contributed by atoms with Crippen molar-refractivity contribution < 1.29 is 28.4 Å². The summed E-state index contributed by atoms with van der Waals surface area (Å²) < 4.78 is 10.5. The van der Waals surface area contributed by atoms with Gasteiger partial charge in [0.05, 0.1) is 12.2 Å². The van der Waals surface area contributed by atoms with Crippen molar-refractivity contribution in [3.63, 3.8) is 0 Å². The summed E-state index contributed by atoms with van der Waals surface area (Å²) in [5, 5.41) is 9.01. The van der Waals surface area contributed by atoms with Crippen LogP contribution in [0.3, 0.4) is 0 Å². The van der Waals surface area contributed by atoms with Crippen molar-refractivity contribution in [2.24, 2.45) is 11.8 Å². The number of nitrogens with one attached hydrogen (secondary N) is 2. The molecule has 0 saturated carbocycles. The summed E-state index contributed by atoms with van der Waals surface area (Å²) in [6.07, 6.45) is 1.97. The van der Waals surface area contributed by atoms with E-state index in [2.05, 4.69) is 15.8 Å². The van der Waals surface area contributed by atoms with Gasteiger partial charge in [-0.2, -0.15) is 0 Å². The van der Waals surface area contributed by atoms with Gasteiger partial charge in [-0.05, 0) is 24.3 Å². The van der Waals surface area contributed by atoms with Crippen LogP contribution < -0.4 is 10.6 Å². The summed E-state index contributed by atoms with van der Waals surface area (Å²) in [7, 11) is 0. The standard InChI is InChI=1S/C24H29N3O6/c1-15(2)21(27-24(31)32-14-16-7-4-3-5-8-16)19(28)12-17-11-18-13-26-33-20(18)9-6-10-25-23(30)22(17)29/h3-5,7-8,13,15,17,21H,6,9-12,14H2,1-2H3,(H,25,30)(H,27,31). The molecule has 33 heavy (non-hydrogen) atoms. The molecule has 0 fully saturated rings. The minimum absolute atomic E-state index is 0.0726. The van der Waals surface area contributed by atoms with Crippen LogP contribution in [0.1, 0.15) is 43.6 Å². The number of amides is 2. The van der Waals surface area contributed by atoms with Crippen molar-refractivity contribution in [3.05, 3.63) is 53.4 Å². The van der Waals surface area contributed by atoms with Gasteiger partial charge in [-0.15, -0.1) is 0 Å². The Hall–Kier alpha value is -3.49. The highest BCUT2D eigenvalue weighted by atomic mass is 16.5. The number of hydrogen-bond donors (Lipinski definition) is 2. The number of ether oxygens (including phenoxy) is 1.